The van der Waals surface area contributed by atoms with Gasteiger partial charge in [0.25, 0.3) is 0 Å². The Morgan fingerprint density at radius 3 is 3.00 bits per heavy atom. The molecular weight excluding hydrogens is 295 g/mol. The minimum Gasteiger partial charge on any atom is -0.396 e. The molecular formula is C10H10BrClN2O2. The Labute approximate surface area is 106 Å². The first-order chi connectivity index (χ1) is 7.61. The molecule has 1 aromatic rings. The van der Waals surface area contributed by atoms with Gasteiger partial charge in [-0.15, -0.1) is 0 Å². The summed E-state index contributed by atoms with van der Waals surface area (Å²) >= 11 is 9.11. The number of nitrogens with zero attached hydrogens (tertiary/aromatic N) is 2. The molecule has 16 heavy (non-hydrogen) atoms. The highest BCUT2D eigenvalue weighted by atomic mass is 79.9. The maximum absolute atomic E-state index is 11.7. The van der Waals surface area contributed by atoms with Gasteiger partial charge in [-0.25, -0.2) is 4.98 Å². The molecule has 0 spiro atoms. The van der Waals surface area contributed by atoms with E-state index in [1.54, 1.807) is 11.0 Å². The van der Waals surface area contributed by atoms with E-state index < -0.39 is 0 Å². The fraction of sp³-hybridized carbons (Fsp3) is 0.400. The molecule has 0 radical (unpaired) electrons. The third kappa shape index (κ3) is 2.21. The van der Waals surface area contributed by atoms with Crippen molar-refractivity contribution in [3.05, 3.63) is 21.8 Å². The van der Waals surface area contributed by atoms with Gasteiger partial charge in [-0.3, -0.25) is 9.69 Å². The summed E-state index contributed by atoms with van der Waals surface area (Å²) in [7, 11) is 0. The highest BCUT2D eigenvalue weighted by Gasteiger charge is 2.30. The topological polar surface area (TPSA) is 53.4 Å². The second-order valence-electron chi connectivity index (χ2n) is 3.71. The summed E-state index contributed by atoms with van der Waals surface area (Å²) in [6.45, 7) is 0.535. The van der Waals surface area contributed by atoms with E-state index in [9.17, 15) is 4.79 Å². The molecule has 0 bridgehead atoms. The lowest BCUT2D eigenvalue weighted by atomic mass is 10.1. The third-order valence-electron chi connectivity index (χ3n) is 2.53. The molecule has 1 fully saturated rings. The van der Waals surface area contributed by atoms with Gasteiger partial charge in [0.15, 0.2) is 0 Å². The predicted molar refractivity (Wildman–Crippen MR) is 64.5 cm³/mol. The molecule has 0 aromatic carbocycles. The summed E-state index contributed by atoms with van der Waals surface area (Å²) in [5.74, 6) is 0.557. The Kier molecular flexibility index (Phi) is 3.47. The maximum Gasteiger partial charge on any atom is 0.228 e. The summed E-state index contributed by atoms with van der Waals surface area (Å²) in [6.07, 6.45) is 1.87. The molecule has 4 nitrogen and oxygen atoms in total. The molecule has 1 aliphatic rings. The first kappa shape index (κ1) is 11.8. The van der Waals surface area contributed by atoms with Crippen LogP contribution >= 0.6 is 27.5 Å². The number of pyridine rings is 1. The number of amides is 1. The van der Waals surface area contributed by atoms with E-state index in [0.717, 1.165) is 0 Å². The number of hydrogen-bond donors (Lipinski definition) is 1. The number of rotatable bonds is 2. The van der Waals surface area contributed by atoms with Crippen molar-refractivity contribution in [1.82, 2.24) is 4.98 Å². The lowest BCUT2D eigenvalue weighted by molar-refractivity contribution is -0.117. The number of anilines is 1. The molecule has 2 heterocycles. The van der Waals surface area contributed by atoms with E-state index in [1.165, 1.54) is 6.20 Å². The summed E-state index contributed by atoms with van der Waals surface area (Å²) in [6, 6.07) is 1.71. The van der Waals surface area contributed by atoms with E-state index in [4.69, 9.17) is 16.7 Å². The van der Waals surface area contributed by atoms with Crippen molar-refractivity contribution in [1.29, 1.82) is 0 Å². The number of aliphatic hydroxyl groups excluding tert-OH is 1. The van der Waals surface area contributed by atoms with Crippen LogP contribution in [0.4, 0.5) is 5.82 Å². The van der Waals surface area contributed by atoms with E-state index in [0.29, 0.717) is 28.3 Å². The van der Waals surface area contributed by atoms with Gasteiger partial charge in [0, 0.05) is 36.2 Å². The fourth-order valence-electron chi connectivity index (χ4n) is 1.68. The lowest BCUT2D eigenvalue weighted by Gasteiger charge is -2.15. The van der Waals surface area contributed by atoms with Gasteiger partial charge in [0.2, 0.25) is 5.91 Å². The number of carbonyl (C=O) groups excluding carboxylic acids is 1. The van der Waals surface area contributed by atoms with Crippen molar-refractivity contribution in [3.63, 3.8) is 0 Å². The molecule has 0 saturated carbocycles. The normalized spacial score (nSPS) is 20.6. The first-order valence-corrected chi connectivity index (χ1v) is 6.01. The Morgan fingerprint density at radius 1 is 1.69 bits per heavy atom. The molecule has 86 valence electrons. The van der Waals surface area contributed by atoms with Crippen LogP contribution in [0.15, 0.2) is 16.7 Å². The summed E-state index contributed by atoms with van der Waals surface area (Å²) in [4.78, 5) is 17.3. The Balaban J connectivity index is 2.24. The predicted octanol–water partition coefficient (Wildman–Crippen LogP) is 1.84. The molecule has 1 atom stereocenters. The van der Waals surface area contributed by atoms with Gasteiger partial charge in [-0.1, -0.05) is 11.6 Å². The van der Waals surface area contributed by atoms with Crippen LogP contribution in [0, 0.1) is 5.92 Å². The monoisotopic (exact) mass is 304 g/mol. The van der Waals surface area contributed by atoms with Crippen LogP contribution in [0.1, 0.15) is 6.42 Å². The number of carbonyl (C=O) groups is 1. The summed E-state index contributed by atoms with van der Waals surface area (Å²) < 4.78 is 0.708. The highest BCUT2D eigenvalue weighted by Crippen LogP contribution is 2.28. The van der Waals surface area contributed by atoms with Gasteiger partial charge in [-0.05, 0) is 22.0 Å². The van der Waals surface area contributed by atoms with Crippen LogP contribution < -0.4 is 4.90 Å². The molecule has 2 rings (SSSR count). The van der Waals surface area contributed by atoms with Crippen LogP contribution in [-0.2, 0) is 4.79 Å². The van der Waals surface area contributed by atoms with Gasteiger partial charge in [0.05, 0.1) is 5.02 Å². The van der Waals surface area contributed by atoms with Crippen molar-refractivity contribution >= 4 is 39.3 Å². The smallest absolute Gasteiger partial charge is 0.228 e. The molecule has 6 heteroatoms. The first-order valence-electron chi connectivity index (χ1n) is 4.84. The van der Waals surface area contributed by atoms with Crippen molar-refractivity contribution in [2.24, 2.45) is 5.92 Å². The molecule has 1 amide bonds. The molecule has 1 aliphatic heterocycles. The van der Waals surface area contributed by atoms with E-state index in [1.807, 2.05) is 0 Å². The van der Waals surface area contributed by atoms with Gasteiger partial charge in [0.1, 0.15) is 5.82 Å². The van der Waals surface area contributed by atoms with Gasteiger partial charge < -0.3 is 5.11 Å². The molecule has 1 aromatic heterocycles. The number of halogens is 2. The minimum absolute atomic E-state index is 0.00348. The van der Waals surface area contributed by atoms with E-state index >= 15 is 0 Å². The SMILES string of the molecule is O=C1CC(CO)CN1c1cc(Br)c(Cl)cn1. The standard InChI is InChI=1S/C10H10BrClN2O2/c11-7-2-9(13-3-8(7)12)14-4-6(5-15)1-10(14)16/h2-3,6,15H,1,4-5H2. The summed E-state index contributed by atoms with van der Waals surface area (Å²) in [5.41, 5.74) is 0. The minimum atomic E-state index is -0.0132. The highest BCUT2D eigenvalue weighted by molar-refractivity contribution is 9.10. The zero-order valence-electron chi connectivity index (χ0n) is 8.36. The van der Waals surface area contributed by atoms with Crippen LogP contribution in [0.5, 0.6) is 0 Å². The van der Waals surface area contributed by atoms with Crippen molar-refractivity contribution in [3.8, 4) is 0 Å². The largest absolute Gasteiger partial charge is 0.396 e. The average Bonchev–Trinajstić information content (AvgIpc) is 2.64. The zero-order chi connectivity index (χ0) is 11.7. The molecule has 0 aliphatic carbocycles. The zero-order valence-corrected chi connectivity index (χ0v) is 10.7. The fourth-order valence-corrected chi connectivity index (χ4v) is 2.09. The Hall–Kier alpha value is -0.650. The molecule has 1 saturated heterocycles. The molecule has 1 unspecified atom stereocenters. The lowest BCUT2D eigenvalue weighted by Crippen LogP contribution is -2.25. The number of hydrogen-bond acceptors (Lipinski definition) is 3. The van der Waals surface area contributed by atoms with Crippen LogP contribution in [0.2, 0.25) is 5.02 Å². The van der Waals surface area contributed by atoms with E-state index in [2.05, 4.69) is 20.9 Å². The second-order valence-corrected chi connectivity index (χ2v) is 4.98. The van der Waals surface area contributed by atoms with Crippen LogP contribution in [0.25, 0.3) is 0 Å². The van der Waals surface area contributed by atoms with Crippen molar-refractivity contribution in [2.75, 3.05) is 18.1 Å². The third-order valence-corrected chi connectivity index (χ3v) is 3.72. The van der Waals surface area contributed by atoms with Crippen molar-refractivity contribution < 1.29 is 9.90 Å². The molecule has 1 N–H and O–H groups in total. The number of aromatic nitrogens is 1. The maximum atomic E-state index is 11.7. The summed E-state index contributed by atoms with van der Waals surface area (Å²) in [5, 5.41) is 9.53. The number of aliphatic hydroxyl groups is 1. The Morgan fingerprint density at radius 2 is 2.44 bits per heavy atom. The quantitative estimate of drug-likeness (QED) is 0.907. The van der Waals surface area contributed by atoms with Gasteiger partial charge in [-0.2, -0.15) is 0 Å². The van der Waals surface area contributed by atoms with E-state index in [-0.39, 0.29) is 18.4 Å². The van der Waals surface area contributed by atoms with Crippen molar-refractivity contribution in [2.45, 2.75) is 6.42 Å². The van der Waals surface area contributed by atoms with Crippen LogP contribution in [-0.4, -0.2) is 29.1 Å². The van der Waals surface area contributed by atoms with Gasteiger partial charge >= 0.3 is 0 Å². The second kappa shape index (κ2) is 4.69. The van der Waals surface area contributed by atoms with Crippen LogP contribution in [0.3, 0.4) is 0 Å². The Bertz CT molecular complexity index is 427. The average molecular weight is 306 g/mol.